The number of halogens is 1. The summed E-state index contributed by atoms with van der Waals surface area (Å²) in [5.41, 5.74) is 4.58. The summed E-state index contributed by atoms with van der Waals surface area (Å²) >= 11 is 3.34. The Balaban J connectivity index is 1.39. The molecule has 0 heterocycles. The molecule has 0 aliphatic carbocycles. The number of esters is 1. The molecule has 4 aromatic rings. The molecule has 34 heavy (non-hydrogen) atoms. The zero-order valence-corrected chi connectivity index (χ0v) is 19.9. The largest absolute Gasteiger partial charge is 0.493 e. The van der Waals surface area contributed by atoms with E-state index < -0.39 is 5.97 Å². The first-order valence-electron chi connectivity index (χ1n) is 10.5. The van der Waals surface area contributed by atoms with Gasteiger partial charge in [0.2, 0.25) is 5.91 Å². The number of fused-ring (bicyclic) bond motifs is 1. The number of nitrogens with one attached hydrogen (secondary N) is 1. The van der Waals surface area contributed by atoms with E-state index >= 15 is 0 Å². The van der Waals surface area contributed by atoms with Crippen molar-refractivity contribution in [3.8, 4) is 11.5 Å². The van der Waals surface area contributed by atoms with Crippen LogP contribution < -0.4 is 14.9 Å². The van der Waals surface area contributed by atoms with Gasteiger partial charge in [-0.2, -0.15) is 5.10 Å². The fourth-order valence-corrected chi connectivity index (χ4v) is 3.70. The minimum atomic E-state index is -0.493. The van der Waals surface area contributed by atoms with E-state index in [0.717, 1.165) is 20.8 Å². The molecule has 6 nitrogen and oxygen atoms in total. The van der Waals surface area contributed by atoms with Gasteiger partial charge in [-0.15, -0.1) is 0 Å². The molecule has 0 fully saturated rings. The van der Waals surface area contributed by atoms with Crippen molar-refractivity contribution in [2.45, 2.75) is 6.42 Å². The molecule has 0 saturated carbocycles. The number of benzene rings is 4. The third-order valence-electron chi connectivity index (χ3n) is 5.10. The molecule has 0 aromatic heterocycles. The van der Waals surface area contributed by atoms with Crippen LogP contribution in [0, 0.1) is 0 Å². The quantitative estimate of drug-likeness (QED) is 0.152. The van der Waals surface area contributed by atoms with Gasteiger partial charge in [-0.25, -0.2) is 10.2 Å². The molecule has 0 unspecified atom stereocenters. The van der Waals surface area contributed by atoms with Crippen molar-refractivity contribution in [1.82, 2.24) is 5.43 Å². The molecule has 0 aliphatic rings. The smallest absolute Gasteiger partial charge is 0.343 e. The molecule has 7 heteroatoms. The highest BCUT2D eigenvalue weighted by atomic mass is 79.9. The van der Waals surface area contributed by atoms with Crippen molar-refractivity contribution < 1.29 is 19.1 Å². The second-order valence-corrected chi connectivity index (χ2v) is 8.33. The van der Waals surface area contributed by atoms with Gasteiger partial charge in [0, 0.05) is 4.47 Å². The van der Waals surface area contributed by atoms with E-state index in [-0.39, 0.29) is 18.1 Å². The molecule has 4 aromatic carbocycles. The SMILES string of the molecule is COc1cc(C=NNC(=O)Cc2cccc3ccccc23)ccc1OC(=O)c1ccc(Br)cc1. The third kappa shape index (κ3) is 5.68. The molecule has 0 aliphatic heterocycles. The lowest BCUT2D eigenvalue weighted by atomic mass is 10.0. The zero-order chi connectivity index (χ0) is 23.9. The van der Waals surface area contributed by atoms with E-state index in [1.54, 1.807) is 42.5 Å². The van der Waals surface area contributed by atoms with E-state index in [9.17, 15) is 9.59 Å². The first-order chi connectivity index (χ1) is 16.5. The molecule has 0 radical (unpaired) electrons. The highest BCUT2D eigenvalue weighted by Gasteiger charge is 2.13. The van der Waals surface area contributed by atoms with Crippen LogP contribution in [-0.4, -0.2) is 25.2 Å². The number of methoxy groups -OCH3 is 1. The summed E-state index contributed by atoms with van der Waals surface area (Å²) in [5, 5.41) is 6.18. The Morgan fingerprint density at radius 2 is 1.71 bits per heavy atom. The van der Waals surface area contributed by atoms with Crippen LogP contribution in [0.15, 0.2) is 94.5 Å². The summed E-state index contributed by atoms with van der Waals surface area (Å²) in [4.78, 5) is 24.8. The average Bonchev–Trinajstić information content (AvgIpc) is 2.85. The predicted molar refractivity (Wildman–Crippen MR) is 135 cm³/mol. The van der Waals surface area contributed by atoms with Crippen LogP contribution in [0.3, 0.4) is 0 Å². The Morgan fingerprint density at radius 1 is 0.941 bits per heavy atom. The number of amides is 1. The lowest BCUT2D eigenvalue weighted by Crippen LogP contribution is -2.19. The second-order valence-electron chi connectivity index (χ2n) is 7.41. The predicted octanol–water partition coefficient (Wildman–Crippen LogP) is 5.52. The maximum Gasteiger partial charge on any atom is 0.343 e. The molecular weight excluding hydrogens is 496 g/mol. The van der Waals surface area contributed by atoms with Gasteiger partial charge in [0.25, 0.3) is 0 Å². The molecule has 0 saturated heterocycles. The normalized spacial score (nSPS) is 10.9. The lowest BCUT2D eigenvalue weighted by Gasteiger charge is -2.10. The summed E-state index contributed by atoms with van der Waals surface area (Å²) in [6.07, 6.45) is 1.72. The highest BCUT2D eigenvalue weighted by Crippen LogP contribution is 2.28. The maximum absolute atomic E-state index is 12.4. The van der Waals surface area contributed by atoms with Crippen LogP contribution in [-0.2, 0) is 11.2 Å². The van der Waals surface area contributed by atoms with Gasteiger partial charge in [-0.1, -0.05) is 58.4 Å². The van der Waals surface area contributed by atoms with Gasteiger partial charge >= 0.3 is 5.97 Å². The topological polar surface area (TPSA) is 77.0 Å². The van der Waals surface area contributed by atoms with Gasteiger partial charge in [0.05, 0.1) is 25.3 Å². The minimum Gasteiger partial charge on any atom is -0.493 e. The Labute approximate surface area is 205 Å². The average molecular weight is 517 g/mol. The van der Waals surface area contributed by atoms with Crippen LogP contribution in [0.1, 0.15) is 21.5 Å². The summed E-state index contributed by atoms with van der Waals surface area (Å²) in [7, 11) is 1.49. The molecule has 1 amide bonds. The van der Waals surface area contributed by atoms with Gasteiger partial charge in [-0.05, 0) is 64.4 Å². The Bertz CT molecular complexity index is 1360. The fourth-order valence-electron chi connectivity index (χ4n) is 3.43. The van der Waals surface area contributed by atoms with Crippen LogP contribution in [0.2, 0.25) is 0 Å². The van der Waals surface area contributed by atoms with Crippen LogP contribution in [0.5, 0.6) is 11.5 Å². The maximum atomic E-state index is 12.4. The van der Waals surface area contributed by atoms with Crippen LogP contribution in [0.25, 0.3) is 10.8 Å². The zero-order valence-electron chi connectivity index (χ0n) is 18.3. The lowest BCUT2D eigenvalue weighted by molar-refractivity contribution is -0.120. The monoisotopic (exact) mass is 516 g/mol. The molecule has 0 bridgehead atoms. The molecule has 0 atom stereocenters. The summed E-state index contributed by atoms with van der Waals surface area (Å²) < 4.78 is 11.7. The number of nitrogens with zero attached hydrogens (tertiary/aromatic N) is 1. The molecule has 4 rings (SSSR count). The Hall–Kier alpha value is -3.97. The summed E-state index contributed by atoms with van der Waals surface area (Å²) in [6.45, 7) is 0. The van der Waals surface area contributed by atoms with Gasteiger partial charge in [-0.3, -0.25) is 4.79 Å². The Morgan fingerprint density at radius 3 is 2.50 bits per heavy atom. The first kappa shape index (κ1) is 23.2. The van der Waals surface area contributed by atoms with Crippen molar-refractivity contribution in [3.63, 3.8) is 0 Å². The van der Waals surface area contributed by atoms with E-state index in [0.29, 0.717) is 16.9 Å². The van der Waals surface area contributed by atoms with E-state index in [4.69, 9.17) is 9.47 Å². The number of ether oxygens (including phenoxy) is 2. The second kappa shape index (κ2) is 10.8. The number of carbonyl (C=O) groups excluding carboxylic acids is 2. The first-order valence-corrected chi connectivity index (χ1v) is 11.3. The number of rotatable bonds is 7. The number of hydrazone groups is 1. The van der Waals surface area contributed by atoms with Gasteiger partial charge < -0.3 is 9.47 Å². The van der Waals surface area contributed by atoms with Crippen LogP contribution in [0.4, 0.5) is 0 Å². The van der Waals surface area contributed by atoms with Crippen molar-refractivity contribution in [2.75, 3.05) is 7.11 Å². The van der Waals surface area contributed by atoms with Crippen LogP contribution >= 0.6 is 15.9 Å². The van der Waals surface area contributed by atoms with E-state index in [2.05, 4.69) is 26.5 Å². The van der Waals surface area contributed by atoms with E-state index in [1.807, 2.05) is 42.5 Å². The van der Waals surface area contributed by atoms with E-state index in [1.165, 1.54) is 13.3 Å². The minimum absolute atomic E-state index is 0.215. The summed E-state index contributed by atoms with van der Waals surface area (Å²) in [5.74, 6) is -0.0587. The van der Waals surface area contributed by atoms with Crippen molar-refractivity contribution in [1.29, 1.82) is 0 Å². The van der Waals surface area contributed by atoms with Gasteiger partial charge in [0.1, 0.15) is 0 Å². The Kier molecular flexibility index (Phi) is 7.34. The molecule has 0 spiro atoms. The van der Waals surface area contributed by atoms with Crippen molar-refractivity contribution in [2.24, 2.45) is 5.10 Å². The van der Waals surface area contributed by atoms with Crippen molar-refractivity contribution >= 4 is 44.8 Å². The number of hydrogen-bond donors (Lipinski definition) is 1. The standard InChI is InChI=1S/C27H21BrN2O4/c1-33-25-15-18(9-14-24(25)34-27(32)20-10-12-22(28)13-11-20)17-29-30-26(31)16-21-7-4-6-19-5-2-3-8-23(19)21/h2-15,17H,16H2,1H3,(H,30,31). The number of carbonyl (C=O) groups is 2. The summed E-state index contributed by atoms with van der Waals surface area (Å²) in [6, 6.07) is 25.7. The molecular formula is C27H21BrN2O4. The molecule has 1 N–H and O–H groups in total. The highest BCUT2D eigenvalue weighted by molar-refractivity contribution is 9.10. The third-order valence-corrected chi connectivity index (χ3v) is 5.63. The fraction of sp³-hybridized carbons (Fsp3) is 0.0741. The van der Waals surface area contributed by atoms with Crippen molar-refractivity contribution in [3.05, 3.63) is 106 Å². The number of hydrogen-bond acceptors (Lipinski definition) is 5. The van der Waals surface area contributed by atoms with Gasteiger partial charge in [0.15, 0.2) is 11.5 Å². The molecule has 170 valence electrons.